The molecule has 4 nitrogen and oxygen atoms in total. The zero-order valence-electron chi connectivity index (χ0n) is 11.6. The number of methoxy groups -OCH3 is 1. The normalized spacial score (nSPS) is 16.2. The number of hydrogen-bond acceptors (Lipinski definition) is 4. The summed E-state index contributed by atoms with van der Waals surface area (Å²) < 4.78 is 5.17. The molecule has 0 bridgehead atoms. The Bertz CT molecular complexity index is 403. The van der Waals surface area contributed by atoms with E-state index in [-0.39, 0.29) is 6.61 Å². The number of aliphatic hydroxyl groups is 1. The van der Waals surface area contributed by atoms with Crippen LogP contribution in [0.4, 0.5) is 5.69 Å². The van der Waals surface area contributed by atoms with Crippen LogP contribution in [0.5, 0.6) is 5.75 Å². The molecule has 0 aliphatic heterocycles. The molecule has 0 unspecified atom stereocenters. The maximum atomic E-state index is 9.23. The van der Waals surface area contributed by atoms with Gasteiger partial charge in [0.1, 0.15) is 5.75 Å². The van der Waals surface area contributed by atoms with Gasteiger partial charge in [-0.25, -0.2) is 0 Å². The monoisotopic (exact) mass is 264 g/mol. The van der Waals surface area contributed by atoms with Crippen molar-refractivity contribution in [1.29, 1.82) is 0 Å². The highest BCUT2D eigenvalue weighted by Crippen LogP contribution is 2.27. The molecular formula is C15H24N2O2. The third-order valence-electron chi connectivity index (χ3n) is 3.91. The lowest BCUT2D eigenvalue weighted by molar-refractivity contribution is 0.145. The molecule has 0 radical (unpaired) electrons. The summed E-state index contributed by atoms with van der Waals surface area (Å²) in [5, 5.41) is 9.23. The van der Waals surface area contributed by atoms with E-state index in [9.17, 15) is 5.11 Å². The first kappa shape index (κ1) is 14.2. The van der Waals surface area contributed by atoms with E-state index in [1.807, 2.05) is 12.1 Å². The smallest absolute Gasteiger partial charge is 0.141 e. The van der Waals surface area contributed by atoms with E-state index in [2.05, 4.69) is 11.0 Å². The van der Waals surface area contributed by atoms with Gasteiger partial charge in [-0.3, -0.25) is 4.90 Å². The Morgan fingerprint density at radius 3 is 2.68 bits per heavy atom. The predicted molar refractivity (Wildman–Crippen MR) is 77.2 cm³/mol. The Morgan fingerprint density at radius 2 is 2.11 bits per heavy atom. The zero-order valence-corrected chi connectivity index (χ0v) is 11.6. The van der Waals surface area contributed by atoms with E-state index >= 15 is 0 Å². The summed E-state index contributed by atoms with van der Waals surface area (Å²) in [4.78, 5) is 2.37. The van der Waals surface area contributed by atoms with Gasteiger partial charge in [0.25, 0.3) is 0 Å². The minimum atomic E-state index is 0.210. The molecule has 2 rings (SSSR count). The lowest BCUT2D eigenvalue weighted by Crippen LogP contribution is -2.35. The number of nitrogens with two attached hydrogens (primary N) is 1. The summed E-state index contributed by atoms with van der Waals surface area (Å²) in [5.41, 5.74) is 7.80. The van der Waals surface area contributed by atoms with Crippen LogP contribution in [0.25, 0.3) is 0 Å². The lowest BCUT2D eigenvalue weighted by Gasteiger charge is -2.28. The number of nitrogens with zero attached hydrogens (tertiary/aromatic N) is 1. The van der Waals surface area contributed by atoms with Gasteiger partial charge in [-0.1, -0.05) is 18.9 Å². The van der Waals surface area contributed by atoms with Crippen LogP contribution in [-0.4, -0.2) is 36.3 Å². The second-order valence-electron chi connectivity index (χ2n) is 5.21. The number of anilines is 1. The molecule has 1 saturated carbocycles. The molecule has 1 fully saturated rings. The van der Waals surface area contributed by atoms with Gasteiger partial charge >= 0.3 is 0 Å². The third-order valence-corrected chi connectivity index (χ3v) is 3.91. The van der Waals surface area contributed by atoms with Gasteiger partial charge in [-0.15, -0.1) is 0 Å². The van der Waals surface area contributed by atoms with Crippen LogP contribution in [0.15, 0.2) is 18.2 Å². The Kier molecular flexibility index (Phi) is 5.05. The summed E-state index contributed by atoms with van der Waals surface area (Å²) in [6, 6.07) is 6.54. The van der Waals surface area contributed by atoms with E-state index in [4.69, 9.17) is 10.5 Å². The number of nitrogen functional groups attached to an aromatic ring is 1. The van der Waals surface area contributed by atoms with Crippen molar-refractivity contribution in [2.24, 2.45) is 0 Å². The summed E-state index contributed by atoms with van der Waals surface area (Å²) in [6.45, 7) is 1.79. The van der Waals surface area contributed by atoms with E-state index in [1.165, 1.54) is 31.2 Å². The Hall–Kier alpha value is -1.26. The van der Waals surface area contributed by atoms with E-state index in [0.717, 1.165) is 18.8 Å². The number of hydrogen-bond donors (Lipinski definition) is 2. The molecule has 106 valence electrons. The van der Waals surface area contributed by atoms with E-state index in [0.29, 0.717) is 11.7 Å². The average Bonchev–Trinajstić information content (AvgIpc) is 2.92. The summed E-state index contributed by atoms with van der Waals surface area (Å²) >= 11 is 0. The highest BCUT2D eigenvalue weighted by Gasteiger charge is 2.22. The molecule has 3 N–H and O–H groups in total. The third kappa shape index (κ3) is 3.61. The lowest BCUT2D eigenvalue weighted by atomic mass is 10.1. The van der Waals surface area contributed by atoms with Gasteiger partial charge < -0.3 is 15.6 Å². The first-order valence-corrected chi connectivity index (χ1v) is 7.02. The van der Waals surface area contributed by atoms with Crippen LogP contribution in [0.1, 0.15) is 31.2 Å². The quantitative estimate of drug-likeness (QED) is 0.772. The van der Waals surface area contributed by atoms with Gasteiger partial charge in [-0.05, 0) is 30.5 Å². The van der Waals surface area contributed by atoms with Crippen LogP contribution in [0, 0.1) is 0 Å². The number of rotatable bonds is 6. The first-order valence-electron chi connectivity index (χ1n) is 7.02. The van der Waals surface area contributed by atoms with Crippen LogP contribution in [-0.2, 0) is 6.54 Å². The first-order chi connectivity index (χ1) is 9.24. The highest BCUT2D eigenvalue weighted by molar-refractivity contribution is 5.54. The number of benzene rings is 1. The molecule has 0 heterocycles. The van der Waals surface area contributed by atoms with Crippen molar-refractivity contribution in [2.45, 2.75) is 38.3 Å². The van der Waals surface area contributed by atoms with Gasteiger partial charge in [-0.2, -0.15) is 0 Å². The molecule has 0 atom stereocenters. The number of ether oxygens (including phenoxy) is 1. The molecule has 1 aliphatic rings. The van der Waals surface area contributed by atoms with Crippen molar-refractivity contribution in [3.8, 4) is 5.75 Å². The standard InChI is InChI=1S/C15H24N2O2/c1-19-15-7-6-12(10-14(15)16)11-17(8-9-18)13-4-2-3-5-13/h6-7,10,13,18H,2-5,8-9,11,16H2,1H3. The van der Waals surface area contributed by atoms with Crippen molar-refractivity contribution >= 4 is 5.69 Å². The molecular weight excluding hydrogens is 240 g/mol. The highest BCUT2D eigenvalue weighted by atomic mass is 16.5. The van der Waals surface area contributed by atoms with Gasteiger partial charge in [0, 0.05) is 19.1 Å². The van der Waals surface area contributed by atoms with Crippen LogP contribution in [0.2, 0.25) is 0 Å². The molecule has 1 aromatic carbocycles. The largest absolute Gasteiger partial charge is 0.495 e. The molecule has 0 aromatic heterocycles. The van der Waals surface area contributed by atoms with Crippen molar-refractivity contribution in [2.75, 3.05) is 26.0 Å². The summed E-state index contributed by atoms with van der Waals surface area (Å²) in [6.07, 6.45) is 5.09. The Morgan fingerprint density at radius 1 is 1.37 bits per heavy atom. The second-order valence-corrected chi connectivity index (χ2v) is 5.21. The number of aliphatic hydroxyl groups excluding tert-OH is 1. The fraction of sp³-hybridized carbons (Fsp3) is 0.600. The molecule has 0 spiro atoms. The summed E-state index contributed by atoms with van der Waals surface area (Å²) in [5.74, 6) is 0.721. The van der Waals surface area contributed by atoms with Crippen molar-refractivity contribution in [3.63, 3.8) is 0 Å². The molecule has 1 aliphatic carbocycles. The van der Waals surface area contributed by atoms with Crippen molar-refractivity contribution < 1.29 is 9.84 Å². The molecule has 4 heteroatoms. The molecule has 19 heavy (non-hydrogen) atoms. The maximum absolute atomic E-state index is 9.23. The Balaban J connectivity index is 2.05. The van der Waals surface area contributed by atoms with Crippen LogP contribution < -0.4 is 10.5 Å². The minimum Gasteiger partial charge on any atom is -0.495 e. The van der Waals surface area contributed by atoms with Gasteiger partial charge in [0.2, 0.25) is 0 Å². The zero-order chi connectivity index (χ0) is 13.7. The fourth-order valence-corrected chi connectivity index (χ4v) is 2.91. The van der Waals surface area contributed by atoms with E-state index in [1.54, 1.807) is 7.11 Å². The SMILES string of the molecule is COc1ccc(CN(CCO)C2CCCC2)cc1N. The molecule has 1 aromatic rings. The molecule has 0 saturated heterocycles. The topological polar surface area (TPSA) is 58.7 Å². The fourth-order valence-electron chi connectivity index (χ4n) is 2.91. The second kappa shape index (κ2) is 6.78. The van der Waals surface area contributed by atoms with Gasteiger partial charge in [0.05, 0.1) is 19.4 Å². The van der Waals surface area contributed by atoms with Crippen molar-refractivity contribution in [3.05, 3.63) is 23.8 Å². The van der Waals surface area contributed by atoms with Crippen molar-refractivity contribution in [1.82, 2.24) is 4.90 Å². The predicted octanol–water partition coefficient (Wildman–Crippen LogP) is 2.01. The van der Waals surface area contributed by atoms with Crippen LogP contribution in [0.3, 0.4) is 0 Å². The molecule has 0 amide bonds. The van der Waals surface area contributed by atoms with Gasteiger partial charge in [0.15, 0.2) is 0 Å². The minimum absolute atomic E-state index is 0.210. The summed E-state index contributed by atoms with van der Waals surface area (Å²) in [7, 11) is 1.63. The van der Waals surface area contributed by atoms with Crippen LogP contribution >= 0.6 is 0 Å². The average molecular weight is 264 g/mol. The Labute approximate surface area is 115 Å². The maximum Gasteiger partial charge on any atom is 0.141 e. The van der Waals surface area contributed by atoms with E-state index < -0.39 is 0 Å².